The number of hydrogen-bond donors (Lipinski definition) is 0. The molecule has 54 heavy (non-hydrogen) atoms. The van der Waals surface area contributed by atoms with Gasteiger partial charge in [0, 0.05) is 0 Å². The van der Waals surface area contributed by atoms with Gasteiger partial charge in [0.2, 0.25) is 0 Å². The van der Waals surface area contributed by atoms with Crippen molar-refractivity contribution < 1.29 is 10.6 Å². The molecule has 0 radical (unpaired) electrons. The maximum Gasteiger partial charge on any atom is -0.0437 e. The maximum atomic E-state index is 8.25. The second kappa shape index (κ2) is 759000. The predicted octanol–water partition coefficient (Wildman–Crippen LogP) is 30.6. The van der Waals surface area contributed by atoms with E-state index in [1.807, 2.05) is 0 Å². The van der Waals surface area contributed by atoms with Crippen LogP contribution in [0.5, 0.6) is 0 Å². The van der Waals surface area contributed by atoms with E-state index < -0.39 is 0 Å². The summed E-state index contributed by atoms with van der Waals surface area (Å²) < 4.78 is 0. The lowest BCUT2D eigenvalue weighted by molar-refractivity contribution is -0.325. The molecule has 0 aromatic rings. The average molecular weight is 898 g/mol. The third kappa shape index (κ3) is 717000. The van der Waals surface area contributed by atoms with Crippen LogP contribution in [-0.4, -0.2) is 12.6 Å². The Hall–Kier alpha value is 0.440. The molecule has 0 aliphatic rings. The van der Waals surface area contributed by atoms with Crippen LogP contribution in [0.25, 0.3) is 0 Å². The monoisotopic (exact) mass is 898 g/mol. The normalized spacial score (nSPS) is 0.185. The Morgan fingerprint density at radius 1 is 0.148 bits per heavy atom. The first-order chi connectivity index (χ1) is 2.00. The zero-order valence-corrected chi connectivity index (χ0v) is 4.58. The molecule has 0 aliphatic heterocycles. The van der Waals surface area contributed by atoms with Gasteiger partial charge in [-0.2, -0.15) is 7.11 Å². The van der Waals surface area contributed by atoms with Gasteiger partial charge in [0.05, 0.1) is 0 Å². The molecule has 0 atom stereocenters. The van der Waals surface area contributed by atoms with Crippen molar-refractivity contribution in [2.75, 3.05) is 7.11 Å². The molecule has 0 aromatic heterocycles. The van der Waals surface area contributed by atoms with Crippen molar-refractivity contribution in [1.29, 1.82) is 0 Å². The highest BCUT2D eigenvalue weighted by atomic mass is 32.4. The van der Waals surface area contributed by atoms with Crippen molar-refractivity contribution in [2.45, 2.75) is 364 Å². The zero-order valence-electron chi connectivity index (χ0n) is 2.76. The lowest BCUT2D eigenvalue weighted by atomic mass is 11.8. The summed E-state index contributed by atoms with van der Waals surface area (Å²) in [5, 5.41) is 8.25. The molecular weight excluding hydrogens is 696 g/mol. The largest absolute Gasteiger partial charge is 0.870 e. The molecule has 0 saturated carbocycles. The molecule has 0 spiro atoms. The fourth-order valence-corrected chi connectivity index (χ4v) is 0. The second-order valence-electron chi connectivity index (χ2n) is 0. The smallest absolute Gasteiger partial charge is 0.0437 e. The topological polar surface area (TPSA) is 53.1 Å². The number of hydrogen-bond acceptors (Lipinski definition) is 3. The van der Waals surface area contributed by atoms with Crippen molar-refractivity contribution in [3.05, 3.63) is 0 Å². The lowest BCUT2D eigenvalue weighted by Crippen LogP contribution is -1.81. The van der Waals surface area contributed by atoms with E-state index in [1.165, 1.54) is 0 Å². The van der Waals surface area contributed by atoms with E-state index >= 15 is 0 Å². The fourth-order valence-electron chi connectivity index (χ4n) is 0. The Kier molecular flexibility index (Phi) is 367000000. The van der Waals surface area contributed by atoms with Crippen LogP contribution in [0.15, 0.2) is 0 Å². The molecule has 0 saturated heterocycles. The quantitative estimate of drug-likeness (QED) is 0.228. The Balaban J connectivity index is -0.0000000000154. The average Bonchev–Trinajstić information content (AvgIpc) is 1.50. The molecule has 426 valence electrons. The van der Waals surface area contributed by atoms with E-state index in [-0.39, 0.29) is 369 Å². The van der Waals surface area contributed by atoms with Crippen LogP contribution < -0.4 is 5.11 Å². The fraction of sp³-hybridized carbons (Fsp3) is 1.00. The van der Waals surface area contributed by atoms with E-state index in [9.17, 15) is 0 Å². The zero-order chi connectivity index (χ0) is 4.00. The van der Waals surface area contributed by atoms with Crippen LogP contribution in [0.3, 0.4) is 0 Å². The van der Waals surface area contributed by atoms with Crippen molar-refractivity contribution in [3.63, 3.8) is 0 Å². The first kappa shape index (κ1) is 26100. The SMILES string of the molecule is C.C.C.C.C.C.C.C.C.C.C.C.C.C.C.C.C.C.C.C.C.C.C.C.C.C.C.C.C.C.C.C.C.C.C.C.C.C.C.C.C.C.C.C.C.C.C.C.C.C[O-].P=S.[OH-]. The molecule has 0 unspecified atom stereocenters. The van der Waals surface area contributed by atoms with Gasteiger partial charge in [0.15, 0.2) is 0 Å². The van der Waals surface area contributed by atoms with Crippen molar-refractivity contribution in [3.8, 4) is 0 Å². The van der Waals surface area contributed by atoms with Gasteiger partial charge < -0.3 is 10.6 Å². The Morgan fingerprint density at radius 2 is 0.148 bits per heavy atom. The Bertz CT molecular complexity index is 26.6. The summed E-state index contributed by atoms with van der Waals surface area (Å²) >= 11 is 3.89. The Morgan fingerprint density at radius 3 is 0.148 bits per heavy atom. The molecule has 0 aliphatic carbocycles. The number of rotatable bonds is 0. The molecule has 1 N–H and O–H groups in total. The lowest BCUT2D eigenvalue weighted by Gasteiger charge is -1.57. The molecule has 0 rings (SSSR count). The van der Waals surface area contributed by atoms with Crippen LogP contribution in [0.4, 0.5) is 0 Å². The van der Waals surface area contributed by atoms with E-state index in [0.717, 1.165) is 7.11 Å². The van der Waals surface area contributed by atoms with Crippen molar-refractivity contribution in [2.24, 2.45) is 0 Å². The standard InChI is InChI=1S/CH3O.49CH4.H2O.HPS/c1-2;;;;;;;;;;;;;;;;;;;;;;;;;;;;;;;;;;;;;;;;;;;;;;;;;;;1-2/h1H3;49*1H4;1H2;1H/q-1;;;;;;;;;;;;;;;;;;;;;;;;;;;;;;;;;;;;;;;;;;;;;;;;;;;/p-1. The summed E-state index contributed by atoms with van der Waals surface area (Å²) in [6.45, 7) is 0. The van der Waals surface area contributed by atoms with Crippen LogP contribution in [0.1, 0.15) is 364 Å². The van der Waals surface area contributed by atoms with Crippen LogP contribution in [-0.2, 0) is 11.8 Å². The van der Waals surface area contributed by atoms with Gasteiger partial charge in [-0.25, -0.2) is 0 Å². The van der Waals surface area contributed by atoms with Gasteiger partial charge >= 0.3 is 0 Å². The summed E-state index contributed by atoms with van der Waals surface area (Å²) in [5.74, 6) is 0. The van der Waals surface area contributed by atoms with Gasteiger partial charge in [-0.3, -0.25) is 0 Å². The minimum atomic E-state index is 0. The first-order valence-electron chi connectivity index (χ1n) is 0.612. The van der Waals surface area contributed by atoms with Gasteiger partial charge in [-0.15, -0.1) is 0 Å². The summed E-state index contributed by atoms with van der Waals surface area (Å²) in [4.78, 5) is 0. The summed E-state index contributed by atoms with van der Waals surface area (Å²) in [7, 11) is 3.31. The minimum absolute atomic E-state index is 0. The molecule has 4 heteroatoms. The molecular formula is C50H201O2PS-2. The highest BCUT2D eigenvalue weighted by Gasteiger charge is 0.655. The molecule has 2 nitrogen and oxygen atoms in total. The molecule has 0 aromatic carbocycles. The molecule has 0 fully saturated rings. The molecule has 0 heterocycles. The van der Waals surface area contributed by atoms with E-state index in [2.05, 4.69) is 19.8 Å². The second-order valence-corrected chi connectivity index (χ2v) is 0. The summed E-state index contributed by atoms with van der Waals surface area (Å²) in [6.07, 6.45) is 0. The summed E-state index contributed by atoms with van der Waals surface area (Å²) in [5.41, 5.74) is 0. The van der Waals surface area contributed by atoms with Crippen LogP contribution in [0.2, 0.25) is 0 Å². The minimum Gasteiger partial charge on any atom is -0.870 e. The van der Waals surface area contributed by atoms with E-state index in [4.69, 9.17) is 5.11 Å². The molecule has 0 bridgehead atoms. The highest BCUT2D eigenvalue weighted by Crippen LogP contribution is 1.26. The van der Waals surface area contributed by atoms with Gasteiger partial charge in [-0.05, 0) is 8.02 Å². The van der Waals surface area contributed by atoms with Gasteiger partial charge in [0.1, 0.15) is 0 Å². The Labute approximate surface area is 400 Å². The predicted molar refractivity (Wildman–Crippen MR) is 353 cm³/mol. The summed E-state index contributed by atoms with van der Waals surface area (Å²) in [6, 6.07) is 0. The van der Waals surface area contributed by atoms with E-state index in [0.29, 0.717) is 0 Å². The first-order valence-corrected chi connectivity index (χ1v) is 2.25. The molecule has 0 amide bonds. The maximum absolute atomic E-state index is 8.25. The van der Waals surface area contributed by atoms with Crippen molar-refractivity contribution in [1.82, 2.24) is 0 Å². The third-order valence-electron chi connectivity index (χ3n) is 0. The van der Waals surface area contributed by atoms with Gasteiger partial charge in [0.25, 0.3) is 0 Å². The third-order valence-corrected chi connectivity index (χ3v) is 0. The van der Waals surface area contributed by atoms with Crippen molar-refractivity contribution >= 4 is 19.8 Å². The highest BCUT2D eigenvalue weighted by molar-refractivity contribution is 7.88. The van der Waals surface area contributed by atoms with Crippen LogP contribution >= 0.6 is 8.02 Å². The van der Waals surface area contributed by atoms with E-state index in [1.54, 1.807) is 0 Å². The van der Waals surface area contributed by atoms with Gasteiger partial charge in [-0.1, -0.05) is 376 Å². The van der Waals surface area contributed by atoms with Crippen LogP contribution in [0, 0.1) is 0 Å².